The van der Waals surface area contributed by atoms with E-state index in [0.29, 0.717) is 13.0 Å². The maximum absolute atomic E-state index is 11.3. The molecule has 0 spiro atoms. The Labute approximate surface area is 143 Å². The summed E-state index contributed by atoms with van der Waals surface area (Å²) in [6.07, 6.45) is 2.78. The van der Waals surface area contributed by atoms with Crippen LogP contribution in [0.25, 0.3) is 0 Å². The predicted octanol–water partition coefficient (Wildman–Crippen LogP) is 2.01. The Hall–Kier alpha value is -2.37. The fourth-order valence-electron chi connectivity index (χ4n) is 2.59. The van der Waals surface area contributed by atoms with Crippen molar-refractivity contribution in [3.8, 4) is 0 Å². The van der Waals surface area contributed by atoms with Gasteiger partial charge in [0.2, 0.25) is 5.91 Å². The van der Waals surface area contributed by atoms with Gasteiger partial charge in [-0.15, -0.1) is 0 Å². The fraction of sp³-hybridized carbons (Fsp3) is 0.500. The molecule has 2 rings (SSSR count). The fourth-order valence-corrected chi connectivity index (χ4v) is 2.59. The van der Waals surface area contributed by atoms with E-state index < -0.39 is 0 Å². The predicted molar refractivity (Wildman–Crippen MR) is 98.0 cm³/mol. The highest BCUT2D eigenvalue weighted by Gasteiger charge is 2.21. The molecule has 1 aliphatic heterocycles. The van der Waals surface area contributed by atoms with Crippen LogP contribution in [0, 0.1) is 5.92 Å². The summed E-state index contributed by atoms with van der Waals surface area (Å²) in [5.74, 6) is 0.943. The lowest BCUT2D eigenvalue weighted by Crippen LogP contribution is -2.37. The first-order chi connectivity index (χ1) is 11.6. The Bertz CT molecular complexity index is 606. The summed E-state index contributed by atoms with van der Waals surface area (Å²) >= 11 is 0. The van der Waals surface area contributed by atoms with E-state index in [1.807, 2.05) is 6.92 Å². The maximum Gasteiger partial charge on any atom is 0.240 e. The Morgan fingerprint density at radius 1 is 1.33 bits per heavy atom. The lowest BCUT2D eigenvalue weighted by Gasteiger charge is -2.19. The second kappa shape index (κ2) is 9.05. The van der Waals surface area contributed by atoms with Gasteiger partial charge in [-0.25, -0.2) is 5.43 Å². The van der Waals surface area contributed by atoms with Crippen molar-refractivity contribution in [1.29, 1.82) is 0 Å². The number of carbonyl (C=O) groups excluding carboxylic acids is 1. The largest absolute Gasteiger partial charge is 0.356 e. The van der Waals surface area contributed by atoms with Crippen molar-refractivity contribution < 1.29 is 4.79 Å². The standard InChI is InChI=1S/C18H27N5O/c1-4-5-10-20-18(19-3)21-12-14-6-8-15(9-7-14)17-13(2)11-16(24)22-23-17/h6-9,13H,4-5,10-12H2,1-3H3,(H,22,24)(H2,19,20,21). The van der Waals surface area contributed by atoms with E-state index in [1.54, 1.807) is 7.05 Å². The molecule has 24 heavy (non-hydrogen) atoms. The SMILES string of the molecule is CCCCNC(=NC)NCc1ccc(C2=NNC(=O)CC2C)cc1. The number of hydrazone groups is 1. The third-order valence-corrected chi connectivity index (χ3v) is 4.02. The van der Waals surface area contributed by atoms with Crippen LogP contribution in [0.15, 0.2) is 34.4 Å². The van der Waals surface area contributed by atoms with E-state index in [2.05, 4.69) is 57.3 Å². The molecule has 6 nitrogen and oxygen atoms in total. The van der Waals surface area contributed by atoms with Gasteiger partial charge in [0.15, 0.2) is 5.96 Å². The number of rotatable bonds is 6. The van der Waals surface area contributed by atoms with Crippen LogP contribution in [-0.4, -0.2) is 31.2 Å². The number of aliphatic imine (C=N–C) groups is 1. The minimum atomic E-state index is -0.0194. The van der Waals surface area contributed by atoms with Gasteiger partial charge in [-0.2, -0.15) is 5.10 Å². The molecular formula is C18H27N5O. The summed E-state index contributed by atoms with van der Waals surface area (Å²) in [5.41, 5.74) is 5.72. The first-order valence-electron chi connectivity index (χ1n) is 8.54. The second-order valence-corrected chi connectivity index (χ2v) is 6.04. The third kappa shape index (κ3) is 5.08. The van der Waals surface area contributed by atoms with Crippen molar-refractivity contribution in [3.63, 3.8) is 0 Å². The average Bonchev–Trinajstić information content (AvgIpc) is 2.59. The highest BCUT2D eigenvalue weighted by molar-refractivity contribution is 6.05. The molecule has 0 saturated heterocycles. The Morgan fingerprint density at radius 2 is 2.08 bits per heavy atom. The molecule has 1 unspecified atom stereocenters. The minimum Gasteiger partial charge on any atom is -0.356 e. The van der Waals surface area contributed by atoms with Gasteiger partial charge in [-0.1, -0.05) is 44.5 Å². The van der Waals surface area contributed by atoms with E-state index in [4.69, 9.17) is 0 Å². The van der Waals surface area contributed by atoms with Crippen molar-refractivity contribution in [2.24, 2.45) is 16.0 Å². The molecule has 0 saturated carbocycles. The van der Waals surface area contributed by atoms with Crippen molar-refractivity contribution in [3.05, 3.63) is 35.4 Å². The number of unbranched alkanes of at least 4 members (excludes halogenated alkanes) is 1. The molecule has 3 N–H and O–H groups in total. The Balaban J connectivity index is 1.91. The molecule has 1 atom stereocenters. The average molecular weight is 329 g/mol. The first-order valence-corrected chi connectivity index (χ1v) is 8.54. The topological polar surface area (TPSA) is 77.9 Å². The second-order valence-electron chi connectivity index (χ2n) is 6.04. The number of carbonyl (C=O) groups is 1. The van der Waals surface area contributed by atoms with E-state index in [-0.39, 0.29) is 11.8 Å². The van der Waals surface area contributed by atoms with Crippen molar-refractivity contribution in [1.82, 2.24) is 16.1 Å². The summed E-state index contributed by atoms with van der Waals surface area (Å²) in [5, 5.41) is 10.8. The molecular weight excluding hydrogens is 302 g/mol. The third-order valence-electron chi connectivity index (χ3n) is 4.02. The van der Waals surface area contributed by atoms with Gasteiger partial charge in [0.25, 0.3) is 0 Å². The molecule has 0 aliphatic carbocycles. The molecule has 1 heterocycles. The van der Waals surface area contributed by atoms with Crippen molar-refractivity contribution >= 4 is 17.6 Å². The van der Waals surface area contributed by atoms with Gasteiger partial charge in [-0.05, 0) is 17.5 Å². The maximum atomic E-state index is 11.3. The lowest BCUT2D eigenvalue weighted by atomic mass is 9.93. The van der Waals surface area contributed by atoms with Gasteiger partial charge in [-0.3, -0.25) is 9.79 Å². The molecule has 0 bridgehead atoms. The molecule has 1 aliphatic rings. The Kier molecular flexibility index (Phi) is 6.78. The number of benzene rings is 1. The van der Waals surface area contributed by atoms with Crippen LogP contribution in [0.4, 0.5) is 0 Å². The first kappa shape index (κ1) is 18.0. The number of guanidine groups is 1. The van der Waals surface area contributed by atoms with Crippen LogP contribution < -0.4 is 16.1 Å². The van der Waals surface area contributed by atoms with E-state index in [1.165, 1.54) is 5.56 Å². The van der Waals surface area contributed by atoms with Gasteiger partial charge >= 0.3 is 0 Å². The monoisotopic (exact) mass is 329 g/mol. The summed E-state index contributed by atoms with van der Waals surface area (Å²) in [7, 11) is 1.78. The van der Waals surface area contributed by atoms with Crippen molar-refractivity contribution in [2.75, 3.05) is 13.6 Å². The number of hydrogen-bond acceptors (Lipinski definition) is 3. The van der Waals surface area contributed by atoms with Crippen LogP contribution in [-0.2, 0) is 11.3 Å². The van der Waals surface area contributed by atoms with Crippen molar-refractivity contribution in [2.45, 2.75) is 39.7 Å². The molecule has 6 heteroatoms. The van der Waals surface area contributed by atoms with Crippen LogP contribution in [0.2, 0.25) is 0 Å². The number of nitrogens with zero attached hydrogens (tertiary/aromatic N) is 2. The molecule has 1 amide bonds. The van der Waals surface area contributed by atoms with E-state index >= 15 is 0 Å². The van der Waals surface area contributed by atoms with Gasteiger partial charge < -0.3 is 10.6 Å². The highest BCUT2D eigenvalue weighted by Crippen LogP contribution is 2.17. The number of nitrogens with one attached hydrogen (secondary N) is 3. The van der Waals surface area contributed by atoms with Crippen LogP contribution in [0.3, 0.4) is 0 Å². The quantitative estimate of drug-likeness (QED) is 0.424. The zero-order chi connectivity index (χ0) is 17.4. The molecule has 0 fully saturated rings. The van der Waals surface area contributed by atoms with Crippen LogP contribution in [0.1, 0.15) is 44.2 Å². The van der Waals surface area contributed by atoms with Crippen LogP contribution >= 0.6 is 0 Å². The number of hydrogen-bond donors (Lipinski definition) is 3. The zero-order valence-electron chi connectivity index (χ0n) is 14.7. The van der Waals surface area contributed by atoms with E-state index in [9.17, 15) is 4.79 Å². The molecule has 1 aromatic rings. The summed E-state index contributed by atoms with van der Waals surface area (Å²) in [4.78, 5) is 15.6. The molecule has 0 radical (unpaired) electrons. The summed E-state index contributed by atoms with van der Waals surface area (Å²) < 4.78 is 0. The van der Waals surface area contributed by atoms with E-state index in [0.717, 1.165) is 36.6 Å². The highest BCUT2D eigenvalue weighted by atomic mass is 16.2. The number of amides is 1. The van der Waals surface area contributed by atoms with Gasteiger partial charge in [0.05, 0.1) is 5.71 Å². The normalized spacial score (nSPS) is 18.0. The minimum absolute atomic E-state index is 0.0194. The van der Waals surface area contributed by atoms with Gasteiger partial charge in [0, 0.05) is 32.5 Å². The lowest BCUT2D eigenvalue weighted by molar-refractivity contribution is -0.121. The molecule has 130 valence electrons. The smallest absolute Gasteiger partial charge is 0.240 e. The Morgan fingerprint density at radius 3 is 2.71 bits per heavy atom. The zero-order valence-corrected chi connectivity index (χ0v) is 14.7. The molecule has 1 aromatic carbocycles. The van der Waals surface area contributed by atoms with Gasteiger partial charge in [0.1, 0.15) is 0 Å². The summed E-state index contributed by atoms with van der Waals surface area (Å²) in [6.45, 7) is 5.84. The summed E-state index contributed by atoms with van der Waals surface area (Å²) in [6, 6.07) is 8.26. The molecule has 0 aromatic heterocycles. The van der Waals surface area contributed by atoms with Crippen LogP contribution in [0.5, 0.6) is 0 Å².